The number of halogens is 1. The molecule has 16 heavy (non-hydrogen) atoms. The van der Waals surface area contributed by atoms with E-state index in [0.717, 1.165) is 0 Å². The Morgan fingerprint density at radius 1 is 1.19 bits per heavy atom. The molecule has 2 heterocycles. The summed E-state index contributed by atoms with van der Waals surface area (Å²) in [4.78, 5) is 1.27. The Bertz CT molecular complexity index is 455. The van der Waals surface area contributed by atoms with Crippen LogP contribution in [0.3, 0.4) is 0 Å². The maximum Gasteiger partial charge on any atom is 0.155 e. The lowest BCUT2D eigenvalue weighted by Gasteiger charge is -2.26. The van der Waals surface area contributed by atoms with Gasteiger partial charge in [0.1, 0.15) is 0 Å². The van der Waals surface area contributed by atoms with Gasteiger partial charge in [-0.05, 0) is 16.5 Å². The minimum atomic E-state index is -0.195. The van der Waals surface area contributed by atoms with E-state index in [1.807, 2.05) is 12.3 Å². The van der Waals surface area contributed by atoms with Crippen LogP contribution in [0.1, 0.15) is 5.56 Å². The van der Waals surface area contributed by atoms with Crippen molar-refractivity contribution >= 4 is 28.9 Å². The van der Waals surface area contributed by atoms with Crippen molar-refractivity contribution in [3.05, 3.63) is 52.4 Å². The van der Waals surface area contributed by atoms with Gasteiger partial charge in [0, 0.05) is 11.1 Å². The van der Waals surface area contributed by atoms with Gasteiger partial charge in [-0.1, -0.05) is 53.7 Å². The number of hydrogen-bond donors (Lipinski definition) is 2. The van der Waals surface area contributed by atoms with Gasteiger partial charge in [0.25, 0.3) is 0 Å². The van der Waals surface area contributed by atoms with Gasteiger partial charge in [-0.3, -0.25) is 5.32 Å². The molecular formula is C12H11ClN2S. The Labute approximate surface area is 104 Å². The summed E-state index contributed by atoms with van der Waals surface area (Å²) in [5, 5.41) is 8.58. The van der Waals surface area contributed by atoms with Crippen LogP contribution in [0.2, 0.25) is 0 Å². The lowest BCUT2D eigenvalue weighted by Crippen LogP contribution is -2.46. The number of alkyl halides is 1. The summed E-state index contributed by atoms with van der Waals surface area (Å²) in [6.07, 6.45) is 2.00. The third-order valence-electron chi connectivity index (χ3n) is 2.71. The predicted octanol–water partition coefficient (Wildman–Crippen LogP) is 2.70. The van der Waals surface area contributed by atoms with Gasteiger partial charge >= 0.3 is 0 Å². The topological polar surface area (TPSA) is 24.1 Å². The molecule has 1 aromatic rings. The monoisotopic (exact) mass is 250 g/mol. The Balaban J connectivity index is 1.94. The highest BCUT2D eigenvalue weighted by molar-refractivity contribution is 8.06. The summed E-state index contributed by atoms with van der Waals surface area (Å²) in [6.45, 7) is 0. The molecule has 0 spiro atoms. The maximum absolute atomic E-state index is 6.03. The maximum atomic E-state index is 6.03. The Kier molecular flexibility index (Phi) is 2.67. The van der Waals surface area contributed by atoms with Crippen LogP contribution in [-0.2, 0) is 0 Å². The molecule has 2 N–H and O–H groups in total. The Morgan fingerprint density at radius 2 is 2.00 bits per heavy atom. The highest BCUT2D eigenvalue weighted by atomic mass is 35.5. The van der Waals surface area contributed by atoms with Crippen LogP contribution in [0.4, 0.5) is 0 Å². The fourth-order valence-corrected chi connectivity index (χ4v) is 3.12. The third-order valence-corrected chi connectivity index (χ3v) is 3.96. The van der Waals surface area contributed by atoms with Gasteiger partial charge in [0.15, 0.2) is 5.62 Å². The van der Waals surface area contributed by atoms with Crippen molar-refractivity contribution in [1.29, 1.82) is 0 Å². The number of benzene rings is 1. The second kappa shape index (κ2) is 4.17. The summed E-state index contributed by atoms with van der Waals surface area (Å²) >= 11 is 7.78. The normalized spacial score (nSPS) is 27.8. The SMILES string of the molecule is ClC1NC=C2SC=C(c3ccccc3)C2N1. The zero-order chi connectivity index (χ0) is 11.0. The smallest absolute Gasteiger partial charge is 0.155 e. The summed E-state index contributed by atoms with van der Waals surface area (Å²) in [6, 6.07) is 10.6. The van der Waals surface area contributed by atoms with Crippen molar-refractivity contribution in [2.45, 2.75) is 11.7 Å². The van der Waals surface area contributed by atoms with Crippen LogP contribution < -0.4 is 10.6 Å². The van der Waals surface area contributed by atoms with Gasteiger partial charge in [-0.2, -0.15) is 0 Å². The van der Waals surface area contributed by atoms with Crippen LogP contribution in [0.5, 0.6) is 0 Å². The quantitative estimate of drug-likeness (QED) is 0.592. The molecule has 0 radical (unpaired) electrons. The zero-order valence-electron chi connectivity index (χ0n) is 8.48. The molecule has 0 saturated carbocycles. The van der Waals surface area contributed by atoms with Crippen LogP contribution in [0.15, 0.2) is 46.8 Å². The Hall–Kier alpha value is -0.900. The average Bonchev–Trinajstić information content (AvgIpc) is 2.73. The van der Waals surface area contributed by atoms with Crippen molar-refractivity contribution in [2.24, 2.45) is 0 Å². The number of thioether (sulfide) groups is 1. The molecule has 0 amide bonds. The molecule has 2 unspecified atom stereocenters. The first-order valence-electron chi connectivity index (χ1n) is 5.13. The van der Waals surface area contributed by atoms with Crippen molar-refractivity contribution in [1.82, 2.24) is 10.6 Å². The molecule has 0 bridgehead atoms. The van der Waals surface area contributed by atoms with Crippen molar-refractivity contribution in [2.75, 3.05) is 0 Å². The zero-order valence-corrected chi connectivity index (χ0v) is 10.1. The molecule has 2 aliphatic heterocycles. The molecule has 0 saturated heterocycles. The van der Waals surface area contributed by atoms with Crippen LogP contribution >= 0.6 is 23.4 Å². The highest BCUT2D eigenvalue weighted by Gasteiger charge is 2.30. The third kappa shape index (κ3) is 1.75. The molecule has 2 aliphatic rings. The highest BCUT2D eigenvalue weighted by Crippen LogP contribution is 2.40. The largest absolute Gasteiger partial charge is 0.363 e. The molecular weight excluding hydrogens is 240 g/mol. The van der Waals surface area contributed by atoms with E-state index < -0.39 is 0 Å². The molecule has 2 nitrogen and oxygen atoms in total. The van der Waals surface area contributed by atoms with Crippen LogP contribution in [0, 0.1) is 0 Å². The fourth-order valence-electron chi connectivity index (χ4n) is 1.93. The molecule has 4 heteroatoms. The van der Waals surface area contributed by atoms with Gasteiger partial charge in [0.05, 0.1) is 6.04 Å². The first-order chi connectivity index (χ1) is 7.84. The standard InChI is InChI=1S/C12H11ClN2S/c13-12-14-6-10-11(15-12)9(7-16-10)8-4-2-1-3-5-8/h1-7,11-12,14-15H. The lowest BCUT2D eigenvalue weighted by molar-refractivity contribution is 0.562. The van der Waals surface area contributed by atoms with Gasteiger partial charge in [0.2, 0.25) is 0 Å². The van der Waals surface area contributed by atoms with Crippen LogP contribution in [0.25, 0.3) is 5.57 Å². The summed E-state index contributed by atoms with van der Waals surface area (Å²) < 4.78 is 0. The average molecular weight is 251 g/mol. The van der Waals surface area contributed by atoms with Gasteiger partial charge < -0.3 is 5.32 Å². The summed E-state index contributed by atoms with van der Waals surface area (Å²) in [7, 11) is 0. The molecule has 0 aromatic heterocycles. The van der Waals surface area contributed by atoms with Gasteiger partial charge in [-0.15, -0.1) is 0 Å². The van der Waals surface area contributed by atoms with E-state index in [1.54, 1.807) is 11.8 Å². The molecule has 2 atom stereocenters. The van der Waals surface area contributed by atoms with E-state index in [9.17, 15) is 0 Å². The van der Waals surface area contributed by atoms with E-state index >= 15 is 0 Å². The second-order valence-electron chi connectivity index (χ2n) is 3.73. The van der Waals surface area contributed by atoms with E-state index in [1.165, 1.54) is 16.0 Å². The minimum absolute atomic E-state index is 0.195. The molecule has 3 rings (SSSR count). The summed E-state index contributed by atoms with van der Waals surface area (Å²) in [5.74, 6) is 0. The molecule has 0 aliphatic carbocycles. The first kappa shape index (κ1) is 10.3. The van der Waals surface area contributed by atoms with Crippen molar-refractivity contribution in [3.63, 3.8) is 0 Å². The lowest BCUT2D eigenvalue weighted by atomic mass is 10.00. The first-order valence-corrected chi connectivity index (χ1v) is 6.44. The van der Waals surface area contributed by atoms with E-state index in [4.69, 9.17) is 11.6 Å². The van der Waals surface area contributed by atoms with Crippen LogP contribution in [-0.4, -0.2) is 11.7 Å². The minimum Gasteiger partial charge on any atom is -0.363 e. The number of nitrogens with one attached hydrogen (secondary N) is 2. The predicted molar refractivity (Wildman–Crippen MR) is 69.8 cm³/mol. The van der Waals surface area contributed by atoms with E-state index in [-0.39, 0.29) is 11.7 Å². The summed E-state index contributed by atoms with van der Waals surface area (Å²) in [5.41, 5.74) is 2.35. The second-order valence-corrected chi connectivity index (χ2v) is 5.11. The number of fused-ring (bicyclic) bond motifs is 1. The van der Waals surface area contributed by atoms with E-state index in [0.29, 0.717) is 0 Å². The number of hydrogen-bond acceptors (Lipinski definition) is 3. The van der Waals surface area contributed by atoms with Crippen molar-refractivity contribution in [3.8, 4) is 0 Å². The fraction of sp³-hybridized carbons (Fsp3) is 0.167. The molecule has 82 valence electrons. The van der Waals surface area contributed by atoms with Crippen molar-refractivity contribution < 1.29 is 0 Å². The molecule has 1 aromatic carbocycles. The van der Waals surface area contributed by atoms with E-state index in [2.05, 4.69) is 40.3 Å². The Morgan fingerprint density at radius 3 is 2.81 bits per heavy atom. The molecule has 0 fully saturated rings. The number of rotatable bonds is 1. The van der Waals surface area contributed by atoms with Gasteiger partial charge in [-0.25, -0.2) is 0 Å².